The van der Waals surface area contributed by atoms with Crippen LogP contribution in [0.25, 0.3) is 0 Å². The molecule has 0 aliphatic rings. The fourth-order valence-electron chi connectivity index (χ4n) is 0.984. The summed E-state index contributed by atoms with van der Waals surface area (Å²) in [4.78, 5) is 17.5. The summed E-state index contributed by atoms with van der Waals surface area (Å²) in [6.45, 7) is 1.63. The van der Waals surface area contributed by atoms with Gasteiger partial charge in [0.05, 0.1) is 6.16 Å². The van der Waals surface area contributed by atoms with E-state index in [4.69, 9.17) is 14.9 Å². The van der Waals surface area contributed by atoms with Gasteiger partial charge in [-0.15, -0.1) is 9.24 Å². The van der Waals surface area contributed by atoms with Crippen molar-refractivity contribution in [3.63, 3.8) is 0 Å². The van der Waals surface area contributed by atoms with Crippen molar-refractivity contribution in [3.05, 3.63) is 0 Å². The number of aliphatic hydroxyl groups is 1. The Balaban J connectivity index is 4.41. The molecule has 0 bridgehead atoms. The zero-order valence-corrected chi connectivity index (χ0v) is 9.15. The predicted octanol–water partition coefficient (Wildman–Crippen LogP) is 0.428. The second-order valence-corrected chi connectivity index (χ2v) is 5.09. The summed E-state index contributed by atoms with van der Waals surface area (Å²) >= 11 is 0. The second kappa shape index (κ2) is 4.69. The molecule has 0 aliphatic heterocycles. The Labute approximate surface area is 74.7 Å². The molecule has 0 saturated heterocycles. The molecule has 0 radical (unpaired) electrons. The molecule has 2 atom stereocenters. The first-order valence-corrected chi connectivity index (χ1v) is 6.36. The summed E-state index contributed by atoms with van der Waals surface area (Å²) in [5.41, 5.74) is -0.635. The number of aliphatic hydroxyl groups excluding tert-OH is 1. The summed E-state index contributed by atoms with van der Waals surface area (Å²) in [6.07, 6.45) is 0.833. The summed E-state index contributed by atoms with van der Waals surface area (Å²) in [5, 5.41) is 8.98. The van der Waals surface area contributed by atoms with Crippen molar-refractivity contribution >= 4 is 16.8 Å². The van der Waals surface area contributed by atoms with E-state index >= 15 is 0 Å². The van der Waals surface area contributed by atoms with E-state index < -0.39 is 13.0 Å². The first kappa shape index (κ1) is 12.5. The van der Waals surface area contributed by atoms with Crippen LogP contribution in [0.4, 0.5) is 0 Å². The molecule has 74 valence electrons. The van der Waals surface area contributed by atoms with E-state index in [2.05, 4.69) is 9.24 Å². The van der Waals surface area contributed by atoms with Gasteiger partial charge in [0.25, 0.3) is 0 Å². The van der Waals surface area contributed by atoms with Gasteiger partial charge in [0.2, 0.25) is 0 Å². The van der Waals surface area contributed by atoms with E-state index in [0.29, 0.717) is 12.6 Å². The molecule has 0 heterocycles. The van der Waals surface area contributed by atoms with Crippen LogP contribution in [0.2, 0.25) is 0 Å². The first-order chi connectivity index (χ1) is 5.39. The third kappa shape index (κ3) is 3.97. The van der Waals surface area contributed by atoms with Crippen LogP contribution < -0.4 is 0 Å². The lowest BCUT2D eigenvalue weighted by Gasteiger charge is -2.29. The maximum atomic E-state index is 10.7. The minimum atomic E-state index is -4.01. The van der Waals surface area contributed by atoms with Gasteiger partial charge in [-0.25, -0.2) is 0 Å². The average molecular weight is 214 g/mol. The average Bonchev–Trinajstić information content (AvgIpc) is 1.99. The fraction of sp³-hybridized carbons (Fsp3) is 1.00. The third-order valence-corrected chi connectivity index (χ3v) is 4.01. The highest BCUT2D eigenvalue weighted by atomic mass is 31.2. The summed E-state index contributed by atoms with van der Waals surface area (Å²) in [7, 11) is -1.60. The molecule has 6 heteroatoms. The van der Waals surface area contributed by atoms with Crippen LogP contribution in [-0.2, 0) is 4.57 Å². The zero-order valence-electron chi connectivity index (χ0n) is 7.10. The largest absolute Gasteiger partial charge is 0.396 e. The lowest BCUT2D eigenvalue weighted by atomic mass is 9.91. The van der Waals surface area contributed by atoms with Gasteiger partial charge >= 0.3 is 7.60 Å². The van der Waals surface area contributed by atoms with E-state index in [1.165, 1.54) is 0 Å². The van der Waals surface area contributed by atoms with E-state index in [1.54, 1.807) is 0 Å². The lowest BCUT2D eigenvalue weighted by Crippen LogP contribution is -2.30. The van der Waals surface area contributed by atoms with Crippen LogP contribution in [0, 0.1) is 5.41 Å². The summed E-state index contributed by atoms with van der Waals surface area (Å²) in [5.74, 6) is 0. The molecule has 3 N–H and O–H groups in total. The molecule has 0 spiro atoms. The Bertz CT molecular complexity index is 164. The van der Waals surface area contributed by atoms with Gasteiger partial charge in [0.1, 0.15) is 0 Å². The number of rotatable bonds is 5. The monoisotopic (exact) mass is 214 g/mol. The fourth-order valence-corrected chi connectivity index (χ4v) is 3.12. The quantitative estimate of drug-likeness (QED) is 0.580. The Kier molecular flexibility index (Phi) is 4.90. The molecule has 0 aromatic rings. The van der Waals surface area contributed by atoms with Crippen molar-refractivity contribution in [2.75, 3.05) is 18.9 Å². The minimum absolute atomic E-state index is 0.182. The molecule has 0 aliphatic carbocycles. The maximum absolute atomic E-state index is 10.7. The molecule has 12 heavy (non-hydrogen) atoms. The van der Waals surface area contributed by atoms with Crippen molar-refractivity contribution in [1.82, 2.24) is 0 Å². The van der Waals surface area contributed by atoms with Gasteiger partial charge in [0, 0.05) is 12.0 Å². The van der Waals surface area contributed by atoms with Crippen LogP contribution in [-0.4, -0.2) is 33.8 Å². The Hall–Kier alpha value is 0.540. The third-order valence-electron chi connectivity index (χ3n) is 2.06. The SMILES string of the molecule is CCC(CO)(CP)CP(=O)(O)O. The van der Waals surface area contributed by atoms with Crippen molar-refractivity contribution in [1.29, 1.82) is 0 Å². The Morgan fingerprint density at radius 3 is 2.08 bits per heavy atom. The highest BCUT2D eigenvalue weighted by Crippen LogP contribution is 2.43. The van der Waals surface area contributed by atoms with Gasteiger partial charge in [-0.3, -0.25) is 4.57 Å². The van der Waals surface area contributed by atoms with Crippen LogP contribution in [0.3, 0.4) is 0 Å². The standard InChI is InChI=1S/C6H16O4P2/c1-2-6(3-7,4-11)5-12(8,9)10/h7H,2-5,11H2,1H3,(H2,8,9,10). The van der Waals surface area contributed by atoms with Crippen LogP contribution >= 0.6 is 16.8 Å². The highest BCUT2D eigenvalue weighted by Gasteiger charge is 2.33. The lowest BCUT2D eigenvalue weighted by molar-refractivity contribution is 0.155. The van der Waals surface area contributed by atoms with Gasteiger partial charge in [-0.2, -0.15) is 0 Å². The molecule has 0 fully saturated rings. The Morgan fingerprint density at radius 1 is 1.50 bits per heavy atom. The smallest absolute Gasteiger partial charge is 0.326 e. The van der Waals surface area contributed by atoms with Crippen LogP contribution in [0.1, 0.15) is 13.3 Å². The molecule has 4 nitrogen and oxygen atoms in total. The van der Waals surface area contributed by atoms with Gasteiger partial charge in [-0.05, 0) is 12.6 Å². The molecule has 0 amide bonds. The first-order valence-electron chi connectivity index (χ1n) is 3.74. The predicted molar refractivity (Wildman–Crippen MR) is 51.3 cm³/mol. The molecular formula is C6H16O4P2. The van der Waals surface area contributed by atoms with Gasteiger partial charge in [0.15, 0.2) is 0 Å². The van der Waals surface area contributed by atoms with E-state index in [0.717, 1.165) is 0 Å². The summed E-state index contributed by atoms with van der Waals surface area (Å²) < 4.78 is 10.7. The van der Waals surface area contributed by atoms with E-state index in [9.17, 15) is 4.57 Å². The van der Waals surface area contributed by atoms with Crippen LogP contribution in [0.5, 0.6) is 0 Å². The number of hydrogen-bond donors (Lipinski definition) is 3. The second-order valence-electron chi connectivity index (χ2n) is 3.04. The van der Waals surface area contributed by atoms with Gasteiger partial charge < -0.3 is 14.9 Å². The van der Waals surface area contributed by atoms with Gasteiger partial charge in [-0.1, -0.05) is 6.92 Å². The van der Waals surface area contributed by atoms with Crippen molar-refractivity contribution in [2.45, 2.75) is 13.3 Å². The van der Waals surface area contributed by atoms with Crippen molar-refractivity contribution in [3.8, 4) is 0 Å². The molecule has 0 aromatic carbocycles. The minimum Gasteiger partial charge on any atom is -0.396 e. The topological polar surface area (TPSA) is 77.8 Å². The molecular weight excluding hydrogens is 198 g/mol. The zero-order chi connectivity index (χ0) is 9.83. The van der Waals surface area contributed by atoms with Crippen LogP contribution in [0.15, 0.2) is 0 Å². The van der Waals surface area contributed by atoms with E-state index in [-0.39, 0.29) is 12.8 Å². The van der Waals surface area contributed by atoms with Crippen molar-refractivity contribution < 1.29 is 19.5 Å². The maximum Gasteiger partial charge on any atom is 0.326 e. The molecule has 0 saturated carbocycles. The highest BCUT2D eigenvalue weighted by molar-refractivity contribution is 7.51. The Morgan fingerprint density at radius 2 is 2.00 bits per heavy atom. The molecule has 0 rings (SSSR count). The van der Waals surface area contributed by atoms with Crippen molar-refractivity contribution in [2.24, 2.45) is 5.41 Å². The normalized spacial score (nSPS) is 17.4. The molecule has 2 unspecified atom stereocenters. The van der Waals surface area contributed by atoms with E-state index in [1.807, 2.05) is 6.92 Å². The number of hydrogen-bond acceptors (Lipinski definition) is 2. The molecule has 0 aromatic heterocycles. The summed E-state index contributed by atoms with van der Waals surface area (Å²) in [6, 6.07) is 0.